The third-order valence-electron chi connectivity index (χ3n) is 4.10. The van der Waals surface area contributed by atoms with Crippen LogP contribution < -0.4 is 10.2 Å². The molecule has 1 fully saturated rings. The number of aromatic nitrogens is 3. The van der Waals surface area contributed by atoms with Gasteiger partial charge in [-0.3, -0.25) is 9.48 Å². The topological polar surface area (TPSA) is 63.1 Å². The zero-order valence-electron chi connectivity index (χ0n) is 13.7. The highest BCUT2D eigenvalue weighted by Gasteiger charge is 2.15. The van der Waals surface area contributed by atoms with Gasteiger partial charge in [-0.25, -0.2) is 4.98 Å². The smallest absolute Gasteiger partial charge is 0.275 e. The van der Waals surface area contributed by atoms with Gasteiger partial charge in [0.05, 0.1) is 11.9 Å². The van der Waals surface area contributed by atoms with Gasteiger partial charge >= 0.3 is 0 Å². The fraction of sp³-hybridized carbons (Fsp3) is 0.471. The number of hydrogen-bond donors (Lipinski definition) is 1. The maximum Gasteiger partial charge on any atom is 0.275 e. The molecule has 23 heavy (non-hydrogen) atoms. The number of carbonyl (C=O) groups is 1. The lowest BCUT2D eigenvalue weighted by molar-refractivity contribution is 0.101. The molecule has 0 aromatic carbocycles. The zero-order valence-corrected chi connectivity index (χ0v) is 13.7. The van der Waals surface area contributed by atoms with Gasteiger partial charge in [0, 0.05) is 25.3 Å². The van der Waals surface area contributed by atoms with Crippen LogP contribution >= 0.6 is 0 Å². The van der Waals surface area contributed by atoms with Crippen LogP contribution in [0, 0.1) is 0 Å². The molecule has 0 spiro atoms. The number of pyridine rings is 1. The van der Waals surface area contributed by atoms with Crippen LogP contribution in [-0.4, -0.2) is 33.8 Å². The highest BCUT2D eigenvalue weighted by Crippen LogP contribution is 2.20. The lowest BCUT2D eigenvalue weighted by Gasteiger charge is -2.28. The van der Waals surface area contributed by atoms with E-state index in [1.807, 2.05) is 32.2 Å². The third kappa shape index (κ3) is 3.52. The maximum atomic E-state index is 12.4. The summed E-state index contributed by atoms with van der Waals surface area (Å²) in [4.78, 5) is 19.1. The molecule has 1 aliphatic rings. The van der Waals surface area contributed by atoms with Gasteiger partial charge in [-0.1, -0.05) is 0 Å². The Hall–Kier alpha value is -2.37. The summed E-state index contributed by atoms with van der Waals surface area (Å²) in [5.41, 5.74) is 1.66. The maximum absolute atomic E-state index is 12.4. The van der Waals surface area contributed by atoms with Crippen LogP contribution in [0.3, 0.4) is 0 Å². The van der Waals surface area contributed by atoms with Gasteiger partial charge in [0.15, 0.2) is 0 Å². The van der Waals surface area contributed by atoms with Gasteiger partial charge < -0.3 is 10.2 Å². The molecule has 6 nitrogen and oxygen atoms in total. The van der Waals surface area contributed by atoms with E-state index in [2.05, 4.69) is 20.3 Å². The standard InChI is InChI=1S/C17H23N5O/c1-13(2)22-15(8-9-19-22)17(23)20-16-7-6-14(12-18-16)21-10-4-3-5-11-21/h6-9,12-13H,3-5,10-11H2,1-2H3,(H,18,20,23). The van der Waals surface area contributed by atoms with Crippen molar-refractivity contribution >= 4 is 17.4 Å². The number of hydrogen-bond acceptors (Lipinski definition) is 4. The van der Waals surface area contributed by atoms with Crippen molar-refractivity contribution < 1.29 is 4.79 Å². The first-order valence-electron chi connectivity index (χ1n) is 8.21. The molecule has 0 atom stereocenters. The number of amides is 1. The second-order valence-corrected chi connectivity index (χ2v) is 6.16. The van der Waals surface area contributed by atoms with Crippen molar-refractivity contribution in [3.63, 3.8) is 0 Å². The van der Waals surface area contributed by atoms with Gasteiger partial charge in [-0.15, -0.1) is 0 Å². The SMILES string of the molecule is CC(C)n1nccc1C(=O)Nc1ccc(N2CCCCC2)cn1. The van der Waals surface area contributed by atoms with Crippen molar-refractivity contribution in [3.05, 3.63) is 36.3 Å². The molecule has 0 saturated carbocycles. The van der Waals surface area contributed by atoms with E-state index < -0.39 is 0 Å². The Morgan fingerprint density at radius 1 is 1.17 bits per heavy atom. The highest BCUT2D eigenvalue weighted by atomic mass is 16.2. The summed E-state index contributed by atoms with van der Waals surface area (Å²) in [6.07, 6.45) is 7.25. The van der Waals surface area contributed by atoms with E-state index in [0.717, 1.165) is 18.8 Å². The Kier molecular flexibility index (Phi) is 4.60. The number of nitrogens with one attached hydrogen (secondary N) is 1. The fourth-order valence-electron chi connectivity index (χ4n) is 2.89. The molecular formula is C17H23N5O. The van der Waals surface area contributed by atoms with Crippen LogP contribution in [0.25, 0.3) is 0 Å². The van der Waals surface area contributed by atoms with Crippen LogP contribution in [0.4, 0.5) is 11.5 Å². The molecule has 1 saturated heterocycles. The summed E-state index contributed by atoms with van der Waals surface area (Å²) in [6.45, 7) is 6.16. The van der Waals surface area contributed by atoms with E-state index in [1.165, 1.54) is 19.3 Å². The molecule has 3 heterocycles. The monoisotopic (exact) mass is 313 g/mol. The predicted molar refractivity (Wildman–Crippen MR) is 90.9 cm³/mol. The number of piperidine rings is 1. The average Bonchev–Trinajstić information content (AvgIpc) is 3.06. The first-order valence-corrected chi connectivity index (χ1v) is 8.21. The normalized spacial score (nSPS) is 15.0. The summed E-state index contributed by atoms with van der Waals surface area (Å²) in [5, 5.41) is 7.02. The minimum absolute atomic E-state index is 0.139. The zero-order chi connectivity index (χ0) is 16.2. The molecule has 0 radical (unpaired) electrons. The summed E-state index contributed by atoms with van der Waals surface area (Å²) >= 11 is 0. The Morgan fingerprint density at radius 3 is 2.61 bits per heavy atom. The summed E-state index contributed by atoms with van der Waals surface area (Å²) < 4.78 is 1.71. The number of carbonyl (C=O) groups excluding carboxylic acids is 1. The van der Waals surface area contributed by atoms with Gasteiger partial charge in [0.25, 0.3) is 5.91 Å². The number of nitrogens with zero attached hydrogens (tertiary/aromatic N) is 4. The van der Waals surface area contributed by atoms with Crippen molar-refractivity contribution in [1.82, 2.24) is 14.8 Å². The molecule has 1 amide bonds. The third-order valence-corrected chi connectivity index (χ3v) is 4.10. The van der Waals surface area contributed by atoms with E-state index in [9.17, 15) is 4.79 Å². The van der Waals surface area contributed by atoms with Crippen molar-refractivity contribution in [1.29, 1.82) is 0 Å². The molecule has 6 heteroatoms. The lowest BCUT2D eigenvalue weighted by Crippen LogP contribution is -2.29. The second kappa shape index (κ2) is 6.81. The summed E-state index contributed by atoms with van der Waals surface area (Å²) in [7, 11) is 0. The summed E-state index contributed by atoms with van der Waals surface area (Å²) in [6, 6.07) is 5.74. The predicted octanol–water partition coefficient (Wildman–Crippen LogP) is 3.10. The van der Waals surface area contributed by atoms with E-state index in [1.54, 1.807) is 16.9 Å². The minimum Gasteiger partial charge on any atom is -0.370 e. The Bertz CT molecular complexity index is 656. The summed E-state index contributed by atoms with van der Waals surface area (Å²) in [5.74, 6) is 0.377. The van der Waals surface area contributed by atoms with Gasteiger partial charge in [0.1, 0.15) is 11.5 Å². The van der Waals surface area contributed by atoms with Gasteiger partial charge in [0.2, 0.25) is 0 Å². The van der Waals surface area contributed by atoms with Crippen molar-refractivity contribution in [2.45, 2.75) is 39.2 Å². The molecule has 122 valence electrons. The van der Waals surface area contributed by atoms with Crippen LogP contribution in [0.1, 0.15) is 49.6 Å². The molecule has 0 unspecified atom stereocenters. The van der Waals surface area contributed by atoms with Crippen LogP contribution in [0.5, 0.6) is 0 Å². The molecule has 1 aliphatic heterocycles. The first-order chi connectivity index (χ1) is 11.1. The lowest BCUT2D eigenvalue weighted by atomic mass is 10.1. The Morgan fingerprint density at radius 2 is 1.96 bits per heavy atom. The van der Waals surface area contributed by atoms with Crippen molar-refractivity contribution in [3.8, 4) is 0 Å². The second-order valence-electron chi connectivity index (χ2n) is 6.16. The fourth-order valence-corrected chi connectivity index (χ4v) is 2.89. The number of rotatable bonds is 4. The molecular weight excluding hydrogens is 290 g/mol. The quantitative estimate of drug-likeness (QED) is 0.942. The Labute approximate surface area is 136 Å². The molecule has 0 bridgehead atoms. The molecule has 2 aromatic heterocycles. The molecule has 3 rings (SSSR count). The van der Waals surface area contributed by atoms with Crippen LogP contribution in [0.15, 0.2) is 30.6 Å². The van der Waals surface area contributed by atoms with Crippen LogP contribution in [-0.2, 0) is 0 Å². The van der Waals surface area contributed by atoms with Crippen molar-refractivity contribution in [2.75, 3.05) is 23.3 Å². The Balaban J connectivity index is 1.68. The van der Waals surface area contributed by atoms with E-state index in [0.29, 0.717) is 11.5 Å². The molecule has 0 aliphatic carbocycles. The van der Waals surface area contributed by atoms with E-state index in [4.69, 9.17) is 0 Å². The average molecular weight is 313 g/mol. The first kappa shape index (κ1) is 15.5. The molecule has 2 aromatic rings. The van der Waals surface area contributed by atoms with Crippen molar-refractivity contribution in [2.24, 2.45) is 0 Å². The highest BCUT2D eigenvalue weighted by molar-refractivity contribution is 6.02. The van der Waals surface area contributed by atoms with Crippen LogP contribution in [0.2, 0.25) is 0 Å². The van der Waals surface area contributed by atoms with E-state index in [-0.39, 0.29) is 11.9 Å². The largest absolute Gasteiger partial charge is 0.370 e. The minimum atomic E-state index is -0.186. The van der Waals surface area contributed by atoms with E-state index >= 15 is 0 Å². The van der Waals surface area contributed by atoms with Gasteiger partial charge in [-0.2, -0.15) is 5.10 Å². The number of anilines is 2. The molecule has 1 N–H and O–H groups in total. The van der Waals surface area contributed by atoms with Gasteiger partial charge in [-0.05, 0) is 51.3 Å².